The first-order valence-corrected chi connectivity index (χ1v) is 6.00. The topological polar surface area (TPSA) is 0 Å². The molecule has 1 fully saturated rings. The fraction of sp³-hybridized carbons (Fsp3) is 1.00. The molecule has 1 aliphatic heterocycles. The molecule has 0 bridgehead atoms. The molecule has 0 saturated carbocycles. The zero-order chi connectivity index (χ0) is 9.90. The maximum atomic E-state index is 2.45. The highest BCUT2D eigenvalue weighted by atomic mass is 15.4. The molecular weight excluding hydrogens is 158 g/mol. The Morgan fingerprint density at radius 3 is 2.23 bits per heavy atom. The van der Waals surface area contributed by atoms with Crippen molar-refractivity contribution < 1.29 is 4.48 Å². The van der Waals surface area contributed by atoms with Crippen molar-refractivity contribution in [3.63, 3.8) is 0 Å². The summed E-state index contributed by atoms with van der Waals surface area (Å²) >= 11 is 0. The number of nitrogens with zero attached hydrogens (tertiary/aromatic N) is 1. The van der Waals surface area contributed by atoms with Crippen LogP contribution in [-0.4, -0.2) is 30.7 Å². The van der Waals surface area contributed by atoms with E-state index in [0.29, 0.717) is 0 Å². The van der Waals surface area contributed by atoms with Crippen LogP contribution in [0.15, 0.2) is 0 Å². The van der Waals surface area contributed by atoms with E-state index >= 15 is 0 Å². The van der Waals surface area contributed by atoms with Gasteiger partial charge in [0.1, 0.15) is 0 Å². The van der Waals surface area contributed by atoms with Crippen LogP contribution < -0.4 is 0 Å². The summed E-state index contributed by atoms with van der Waals surface area (Å²) in [6, 6.07) is 0.938. The third kappa shape index (κ3) is 2.25. The molecule has 3 atom stereocenters. The van der Waals surface area contributed by atoms with E-state index in [0.717, 1.165) is 12.0 Å². The maximum absolute atomic E-state index is 2.45. The average molecular weight is 184 g/mol. The lowest BCUT2D eigenvalue weighted by Gasteiger charge is -2.46. The van der Waals surface area contributed by atoms with Gasteiger partial charge >= 0.3 is 0 Å². The van der Waals surface area contributed by atoms with Crippen molar-refractivity contribution in [2.75, 3.05) is 20.1 Å². The first-order valence-electron chi connectivity index (χ1n) is 6.00. The molecule has 1 nitrogen and oxygen atoms in total. The monoisotopic (exact) mass is 184 g/mol. The highest BCUT2D eigenvalue weighted by Gasteiger charge is 2.36. The zero-order valence-corrected chi connectivity index (χ0v) is 9.84. The van der Waals surface area contributed by atoms with E-state index in [4.69, 9.17) is 0 Å². The SMILES string of the molecule is CCC1CCC(CC)[N+](C)(CC)C1. The molecule has 0 amide bonds. The van der Waals surface area contributed by atoms with Crippen molar-refractivity contribution in [3.05, 3.63) is 0 Å². The van der Waals surface area contributed by atoms with E-state index in [1.807, 2.05) is 0 Å². The lowest BCUT2D eigenvalue weighted by atomic mass is 9.88. The first-order chi connectivity index (χ1) is 6.16. The summed E-state index contributed by atoms with van der Waals surface area (Å²) in [5.41, 5.74) is 0. The van der Waals surface area contributed by atoms with Gasteiger partial charge in [-0.1, -0.05) is 13.8 Å². The van der Waals surface area contributed by atoms with E-state index in [1.165, 1.54) is 43.3 Å². The second-order valence-corrected chi connectivity index (χ2v) is 4.89. The molecule has 0 aliphatic carbocycles. The van der Waals surface area contributed by atoms with Crippen LogP contribution in [0.2, 0.25) is 0 Å². The second kappa shape index (κ2) is 4.45. The van der Waals surface area contributed by atoms with Crippen LogP contribution in [0.1, 0.15) is 46.5 Å². The normalized spacial score (nSPS) is 40.6. The Balaban J connectivity index is 2.62. The number of hydrogen-bond acceptors (Lipinski definition) is 0. The summed E-state index contributed by atoms with van der Waals surface area (Å²) in [4.78, 5) is 0. The largest absolute Gasteiger partial charge is 0.324 e. The van der Waals surface area contributed by atoms with Crippen molar-refractivity contribution in [2.24, 2.45) is 5.92 Å². The molecule has 1 heterocycles. The molecule has 0 spiro atoms. The Labute approximate surface area is 83.7 Å². The summed E-state index contributed by atoms with van der Waals surface area (Å²) in [6.45, 7) is 9.78. The fourth-order valence-electron chi connectivity index (χ4n) is 2.94. The van der Waals surface area contributed by atoms with Crippen molar-refractivity contribution in [1.29, 1.82) is 0 Å². The van der Waals surface area contributed by atoms with E-state index < -0.39 is 0 Å². The number of likely N-dealkylation sites (tertiary alicyclic amines) is 1. The second-order valence-electron chi connectivity index (χ2n) is 4.89. The van der Waals surface area contributed by atoms with Crippen LogP contribution in [0.5, 0.6) is 0 Å². The van der Waals surface area contributed by atoms with Gasteiger partial charge in [0, 0.05) is 5.92 Å². The molecule has 78 valence electrons. The molecule has 1 saturated heterocycles. The third-order valence-corrected chi connectivity index (χ3v) is 4.24. The van der Waals surface area contributed by atoms with Gasteiger partial charge in [-0.15, -0.1) is 0 Å². The average Bonchev–Trinajstić information content (AvgIpc) is 2.17. The minimum Gasteiger partial charge on any atom is -0.324 e. The predicted octanol–water partition coefficient (Wildman–Crippen LogP) is 3.05. The highest BCUT2D eigenvalue weighted by Crippen LogP contribution is 2.30. The summed E-state index contributed by atoms with van der Waals surface area (Å²) < 4.78 is 1.33. The van der Waals surface area contributed by atoms with E-state index in [9.17, 15) is 0 Å². The van der Waals surface area contributed by atoms with Gasteiger partial charge in [0.2, 0.25) is 0 Å². The molecular formula is C12H26N+. The molecule has 1 rings (SSSR count). The van der Waals surface area contributed by atoms with Crippen LogP contribution in [0, 0.1) is 5.92 Å². The smallest absolute Gasteiger partial charge is 0.0885 e. The van der Waals surface area contributed by atoms with Crippen molar-refractivity contribution in [1.82, 2.24) is 0 Å². The first kappa shape index (κ1) is 11.0. The number of hydrogen-bond donors (Lipinski definition) is 0. The van der Waals surface area contributed by atoms with Crippen molar-refractivity contribution >= 4 is 0 Å². The lowest BCUT2D eigenvalue weighted by Crippen LogP contribution is -2.57. The minimum absolute atomic E-state index is 0.938. The molecule has 13 heavy (non-hydrogen) atoms. The van der Waals surface area contributed by atoms with Gasteiger partial charge in [-0.25, -0.2) is 0 Å². The Hall–Kier alpha value is -0.0400. The van der Waals surface area contributed by atoms with E-state index in [-0.39, 0.29) is 0 Å². The Morgan fingerprint density at radius 2 is 1.77 bits per heavy atom. The number of rotatable bonds is 3. The maximum Gasteiger partial charge on any atom is 0.0885 e. The van der Waals surface area contributed by atoms with Crippen molar-refractivity contribution in [2.45, 2.75) is 52.5 Å². The summed E-state index contributed by atoms with van der Waals surface area (Å²) in [5, 5.41) is 0. The van der Waals surface area contributed by atoms with Gasteiger partial charge in [-0.05, 0) is 32.6 Å². The highest BCUT2D eigenvalue weighted by molar-refractivity contribution is 4.70. The summed E-state index contributed by atoms with van der Waals surface area (Å²) in [6.07, 6.45) is 5.67. The molecule has 0 aromatic carbocycles. The van der Waals surface area contributed by atoms with Crippen LogP contribution >= 0.6 is 0 Å². The van der Waals surface area contributed by atoms with Gasteiger partial charge in [0.05, 0.1) is 26.2 Å². The third-order valence-electron chi connectivity index (χ3n) is 4.24. The Bertz CT molecular complexity index is 155. The number of piperidine rings is 1. The zero-order valence-electron chi connectivity index (χ0n) is 9.84. The van der Waals surface area contributed by atoms with E-state index in [1.54, 1.807) is 0 Å². The minimum atomic E-state index is 0.938. The van der Waals surface area contributed by atoms with Gasteiger partial charge in [-0.2, -0.15) is 0 Å². The van der Waals surface area contributed by atoms with Gasteiger partial charge in [0.25, 0.3) is 0 Å². The van der Waals surface area contributed by atoms with Crippen LogP contribution in [0.4, 0.5) is 0 Å². The predicted molar refractivity (Wildman–Crippen MR) is 58.7 cm³/mol. The molecule has 0 N–H and O–H groups in total. The molecule has 1 aliphatic rings. The summed E-state index contributed by atoms with van der Waals surface area (Å²) in [7, 11) is 2.45. The van der Waals surface area contributed by atoms with Crippen molar-refractivity contribution in [3.8, 4) is 0 Å². The fourth-order valence-corrected chi connectivity index (χ4v) is 2.94. The summed E-state index contributed by atoms with van der Waals surface area (Å²) in [5.74, 6) is 0.993. The molecule has 3 unspecified atom stereocenters. The molecule has 0 radical (unpaired) electrons. The van der Waals surface area contributed by atoms with Gasteiger partial charge in [0.15, 0.2) is 0 Å². The molecule has 0 aromatic heterocycles. The van der Waals surface area contributed by atoms with Crippen LogP contribution in [0.25, 0.3) is 0 Å². The Morgan fingerprint density at radius 1 is 1.08 bits per heavy atom. The standard InChI is InChI=1S/C12H26N/c1-5-11-8-9-12(6-2)13(4,7-3)10-11/h11-12H,5-10H2,1-4H3/q+1. The molecule has 1 heteroatoms. The van der Waals surface area contributed by atoms with Gasteiger partial charge in [-0.3, -0.25) is 0 Å². The quantitative estimate of drug-likeness (QED) is 0.591. The van der Waals surface area contributed by atoms with E-state index in [2.05, 4.69) is 27.8 Å². The lowest BCUT2D eigenvalue weighted by molar-refractivity contribution is -0.940. The number of quaternary nitrogens is 1. The molecule has 0 aromatic rings. The van der Waals surface area contributed by atoms with Crippen LogP contribution in [-0.2, 0) is 0 Å². The van der Waals surface area contributed by atoms with Crippen LogP contribution in [0.3, 0.4) is 0 Å². The van der Waals surface area contributed by atoms with Gasteiger partial charge < -0.3 is 4.48 Å². The Kier molecular flexibility index (Phi) is 3.78.